The van der Waals surface area contributed by atoms with Gasteiger partial charge in [0.25, 0.3) is 0 Å². The maximum Gasteiger partial charge on any atom is 0.225 e. The molecule has 0 saturated carbocycles. The summed E-state index contributed by atoms with van der Waals surface area (Å²) in [4.78, 5) is 26.1. The van der Waals surface area contributed by atoms with Gasteiger partial charge in [-0.3, -0.25) is 4.79 Å². The SMILES string of the molecule is CCc1nc(N2CCC[C@]3(CCC(=O)N(CCCOC)C3)C2)ncc1C. The molecule has 1 aromatic rings. The molecule has 1 amide bonds. The Morgan fingerprint density at radius 3 is 2.92 bits per heavy atom. The van der Waals surface area contributed by atoms with Crippen molar-refractivity contribution in [2.45, 2.75) is 52.4 Å². The second-order valence-electron chi connectivity index (χ2n) is 7.84. The van der Waals surface area contributed by atoms with Gasteiger partial charge in [0.1, 0.15) is 0 Å². The molecule has 0 radical (unpaired) electrons. The second kappa shape index (κ2) is 8.33. The Morgan fingerprint density at radius 1 is 1.31 bits per heavy atom. The van der Waals surface area contributed by atoms with Crippen LogP contribution in [0.5, 0.6) is 0 Å². The number of aromatic nitrogens is 2. The van der Waals surface area contributed by atoms with Gasteiger partial charge in [-0.15, -0.1) is 0 Å². The number of methoxy groups -OCH3 is 1. The second-order valence-corrected chi connectivity index (χ2v) is 7.84. The molecular weight excluding hydrogens is 328 g/mol. The van der Waals surface area contributed by atoms with E-state index in [1.165, 1.54) is 6.42 Å². The number of likely N-dealkylation sites (tertiary alicyclic amines) is 1. The van der Waals surface area contributed by atoms with Crippen LogP contribution in [0.25, 0.3) is 0 Å². The highest BCUT2D eigenvalue weighted by Gasteiger charge is 2.42. The van der Waals surface area contributed by atoms with Gasteiger partial charge in [-0.2, -0.15) is 0 Å². The molecular formula is C20H32N4O2. The van der Waals surface area contributed by atoms with Crippen LogP contribution >= 0.6 is 0 Å². The number of nitrogens with zero attached hydrogens (tertiary/aromatic N) is 4. The fourth-order valence-electron chi connectivity index (χ4n) is 4.39. The van der Waals surface area contributed by atoms with E-state index < -0.39 is 0 Å². The summed E-state index contributed by atoms with van der Waals surface area (Å²) in [6.07, 6.45) is 7.75. The summed E-state index contributed by atoms with van der Waals surface area (Å²) in [5, 5.41) is 0. The summed E-state index contributed by atoms with van der Waals surface area (Å²) >= 11 is 0. The van der Waals surface area contributed by atoms with Gasteiger partial charge in [0, 0.05) is 63.6 Å². The number of rotatable bonds is 6. The van der Waals surface area contributed by atoms with Gasteiger partial charge in [-0.25, -0.2) is 9.97 Å². The number of anilines is 1. The molecule has 2 aliphatic rings. The van der Waals surface area contributed by atoms with E-state index in [9.17, 15) is 4.79 Å². The van der Waals surface area contributed by atoms with E-state index in [4.69, 9.17) is 9.72 Å². The molecule has 1 aromatic heterocycles. The van der Waals surface area contributed by atoms with E-state index in [2.05, 4.69) is 28.6 Å². The normalized spacial score (nSPS) is 23.7. The van der Waals surface area contributed by atoms with E-state index in [-0.39, 0.29) is 5.41 Å². The van der Waals surface area contributed by atoms with Crippen molar-refractivity contribution in [2.75, 3.05) is 44.8 Å². The Hall–Kier alpha value is -1.69. The summed E-state index contributed by atoms with van der Waals surface area (Å²) in [5.41, 5.74) is 2.48. The first-order valence-electron chi connectivity index (χ1n) is 9.91. The molecule has 0 N–H and O–H groups in total. The highest BCUT2D eigenvalue weighted by Crippen LogP contribution is 2.39. The molecule has 1 spiro atoms. The van der Waals surface area contributed by atoms with Crippen molar-refractivity contribution in [2.24, 2.45) is 5.41 Å². The first-order chi connectivity index (χ1) is 12.6. The van der Waals surface area contributed by atoms with Crippen LogP contribution in [0.15, 0.2) is 6.20 Å². The highest BCUT2D eigenvalue weighted by molar-refractivity contribution is 5.77. The molecule has 1 atom stereocenters. The zero-order valence-corrected chi connectivity index (χ0v) is 16.5. The molecule has 6 nitrogen and oxygen atoms in total. The van der Waals surface area contributed by atoms with E-state index in [1.54, 1.807) is 7.11 Å². The smallest absolute Gasteiger partial charge is 0.225 e. The number of hydrogen-bond donors (Lipinski definition) is 0. The highest BCUT2D eigenvalue weighted by atomic mass is 16.5. The number of hydrogen-bond acceptors (Lipinski definition) is 5. The van der Waals surface area contributed by atoms with Gasteiger partial charge < -0.3 is 14.5 Å². The lowest BCUT2D eigenvalue weighted by molar-refractivity contribution is -0.138. The lowest BCUT2D eigenvalue weighted by Gasteiger charge is -2.48. The first-order valence-corrected chi connectivity index (χ1v) is 9.91. The summed E-state index contributed by atoms with van der Waals surface area (Å²) in [6.45, 7) is 8.54. The third-order valence-electron chi connectivity index (χ3n) is 5.87. The Balaban J connectivity index is 1.71. The molecule has 0 bridgehead atoms. The summed E-state index contributed by atoms with van der Waals surface area (Å²) in [5.74, 6) is 1.15. The van der Waals surface area contributed by atoms with Crippen LogP contribution in [0.2, 0.25) is 0 Å². The van der Waals surface area contributed by atoms with Crippen molar-refractivity contribution in [3.05, 3.63) is 17.5 Å². The lowest BCUT2D eigenvalue weighted by atomic mass is 9.73. The maximum absolute atomic E-state index is 12.3. The van der Waals surface area contributed by atoms with Crippen LogP contribution in [0.1, 0.15) is 50.3 Å². The summed E-state index contributed by atoms with van der Waals surface area (Å²) in [7, 11) is 1.71. The zero-order chi connectivity index (χ0) is 18.6. The van der Waals surface area contributed by atoms with Gasteiger partial charge in [-0.1, -0.05) is 6.92 Å². The number of carbonyl (C=O) groups excluding carboxylic acids is 1. The minimum Gasteiger partial charge on any atom is -0.385 e. The number of aryl methyl sites for hydroxylation is 2. The predicted molar refractivity (Wildman–Crippen MR) is 102 cm³/mol. The molecule has 0 unspecified atom stereocenters. The average Bonchev–Trinajstić information content (AvgIpc) is 2.65. The van der Waals surface area contributed by atoms with Crippen molar-refractivity contribution in [3.63, 3.8) is 0 Å². The van der Waals surface area contributed by atoms with Crippen LogP contribution in [0, 0.1) is 12.3 Å². The average molecular weight is 361 g/mol. The van der Waals surface area contributed by atoms with Gasteiger partial charge in [0.15, 0.2) is 0 Å². The molecule has 2 saturated heterocycles. The minimum atomic E-state index is 0.180. The summed E-state index contributed by atoms with van der Waals surface area (Å²) < 4.78 is 5.15. The Labute approximate surface area is 156 Å². The van der Waals surface area contributed by atoms with Crippen LogP contribution in [-0.2, 0) is 16.0 Å². The largest absolute Gasteiger partial charge is 0.385 e. The van der Waals surface area contributed by atoms with E-state index in [0.29, 0.717) is 18.9 Å². The first kappa shape index (κ1) is 19.1. The fourth-order valence-corrected chi connectivity index (χ4v) is 4.39. The van der Waals surface area contributed by atoms with Gasteiger partial charge in [-0.05, 0) is 44.6 Å². The Kier molecular flexibility index (Phi) is 6.12. The Morgan fingerprint density at radius 2 is 2.15 bits per heavy atom. The third-order valence-corrected chi connectivity index (χ3v) is 5.87. The molecule has 6 heteroatoms. The van der Waals surface area contributed by atoms with Gasteiger partial charge in [0.2, 0.25) is 11.9 Å². The minimum absolute atomic E-state index is 0.180. The lowest BCUT2D eigenvalue weighted by Crippen LogP contribution is -2.54. The zero-order valence-electron chi connectivity index (χ0n) is 16.5. The third kappa shape index (κ3) is 4.17. The molecule has 0 aromatic carbocycles. The fraction of sp³-hybridized carbons (Fsp3) is 0.750. The van der Waals surface area contributed by atoms with Crippen LogP contribution in [-0.4, -0.2) is 60.7 Å². The topological polar surface area (TPSA) is 58.6 Å². The summed E-state index contributed by atoms with van der Waals surface area (Å²) in [6, 6.07) is 0. The van der Waals surface area contributed by atoms with Crippen LogP contribution in [0.4, 0.5) is 5.95 Å². The molecule has 2 aliphatic heterocycles. The van der Waals surface area contributed by atoms with E-state index >= 15 is 0 Å². The van der Waals surface area contributed by atoms with E-state index in [0.717, 1.165) is 69.1 Å². The van der Waals surface area contributed by atoms with Crippen molar-refractivity contribution >= 4 is 11.9 Å². The standard InChI is InChI=1S/C20H32N4O2/c1-4-17-16(2)13-21-19(22-17)24-10-5-8-20(15-24)9-7-18(25)23(14-20)11-6-12-26-3/h13H,4-12,14-15H2,1-3H3/t20-/m1/s1. The number of piperidine rings is 2. The van der Waals surface area contributed by atoms with Gasteiger partial charge >= 0.3 is 0 Å². The molecule has 3 heterocycles. The predicted octanol–water partition coefficient (Wildman–Crippen LogP) is 2.59. The maximum atomic E-state index is 12.3. The number of ether oxygens (including phenoxy) is 1. The molecule has 144 valence electrons. The van der Waals surface area contributed by atoms with Crippen molar-refractivity contribution in [1.29, 1.82) is 0 Å². The van der Waals surface area contributed by atoms with Gasteiger partial charge in [0.05, 0.1) is 0 Å². The number of amides is 1. The van der Waals surface area contributed by atoms with Crippen molar-refractivity contribution < 1.29 is 9.53 Å². The number of carbonyl (C=O) groups is 1. The monoisotopic (exact) mass is 360 g/mol. The molecule has 2 fully saturated rings. The van der Waals surface area contributed by atoms with Crippen molar-refractivity contribution in [3.8, 4) is 0 Å². The van der Waals surface area contributed by atoms with Crippen LogP contribution < -0.4 is 4.90 Å². The van der Waals surface area contributed by atoms with Crippen LogP contribution in [0.3, 0.4) is 0 Å². The van der Waals surface area contributed by atoms with Crippen molar-refractivity contribution in [1.82, 2.24) is 14.9 Å². The molecule has 0 aliphatic carbocycles. The molecule has 3 rings (SSSR count). The molecule has 26 heavy (non-hydrogen) atoms. The Bertz CT molecular complexity index is 636. The van der Waals surface area contributed by atoms with E-state index in [1.807, 2.05) is 6.20 Å². The quantitative estimate of drug-likeness (QED) is 0.730.